The van der Waals surface area contributed by atoms with Gasteiger partial charge >= 0.3 is 6.18 Å². The maximum atomic E-state index is 13.0. The molecule has 0 radical (unpaired) electrons. The van der Waals surface area contributed by atoms with Gasteiger partial charge in [0.15, 0.2) is 0 Å². The van der Waals surface area contributed by atoms with Crippen LogP contribution < -0.4 is 10.1 Å². The first-order chi connectivity index (χ1) is 14.2. The molecule has 0 unspecified atom stereocenters. The van der Waals surface area contributed by atoms with Crippen molar-refractivity contribution in [1.29, 1.82) is 0 Å². The van der Waals surface area contributed by atoms with Gasteiger partial charge < -0.3 is 15.0 Å². The van der Waals surface area contributed by atoms with Gasteiger partial charge in [-0.1, -0.05) is 18.2 Å². The molecular formula is C21H22F3N3O3. The molecule has 2 aliphatic heterocycles. The lowest BCUT2D eigenvalue weighted by Gasteiger charge is -2.46. The number of halogens is 3. The maximum Gasteiger partial charge on any atom is 0.416 e. The number of para-hydroxylation sites is 1. The van der Waals surface area contributed by atoms with Crippen molar-refractivity contribution in [3.63, 3.8) is 0 Å². The van der Waals surface area contributed by atoms with Crippen LogP contribution in [0.1, 0.15) is 36.4 Å². The predicted molar refractivity (Wildman–Crippen MR) is 106 cm³/mol. The fourth-order valence-corrected chi connectivity index (χ4v) is 4.25. The fraction of sp³-hybridized carbons (Fsp3) is 0.429. The zero-order valence-corrected chi connectivity index (χ0v) is 16.4. The summed E-state index contributed by atoms with van der Waals surface area (Å²) in [4.78, 5) is 12.9. The quantitative estimate of drug-likeness (QED) is 0.557. The molecule has 2 heterocycles. The van der Waals surface area contributed by atoms with Crippen LogP contribution >= 0.6 is 0 Å². The van der Waals surface area contributed by atoms with Crippen molar-refractivity contribution in [1.82, 2.24) is 4.90 Å². The summed E-state index contributed by atoms with van der Waals surface area (Å²) in [5.74, 6) is 0.709. The average molecular weight is 421 g/mol. The molecule has 0 aliphatic carbocycles. The number of hydrogen-bond donors (Lipinski definition) is 1. The lowest BCUT2D eigenvalue weighted by molar-refractivity contribution is -0.384. The Hall–Kier alpha value is -2.81. The van der Waals surface area contributed by atoms with E-state index >= 15 is 0 Å². The molecule has 0 bridgehead atoms. The van der Waals surface area contributed by atoms with Crippen LogP contribution in [-0.4, -0.2) is 35.6 Å². The van der Waals surface area contributed by atoms with Gasteiger partial charge in [-0.3, -0.25) is 10.1 Å². The number of nitro benzene ring substituents is 1. The predicted octanol–water partition coefficient (Wildman–Crippen LogP) is 5.01. The Bertz CT molecular complexity index is 956. The minimum atomic E-state index is -4.65. The first kappa shape index (κ1) is 20.5. The Balaban J connectivity index is 1.69. The summed E-state index contributed by atoms with van der Waals surface area (Å²) >= 11 is 0. The average Bonchev–Trinajstić information content (AvgIpc) is 2.70. The Morgan fingerprint density at radius 1 is 1.20 bits per heavy atom. The third-order valence-corrected chi connectivity index (χ3v) is 5.95. The van der Waals surface area contributed by atoms with Crippen molar-refractivity contribution in [3.8, 4) is 5.75 Å². The van der Waals surface area contributed by atoms with E-state index in [2.05, 4.69) is 10.2 Å². The Kier molecular flexibility index (Phi) is 5.09. The van der Waals surface area contributed by atoms with Gasteiger partial charge in [0.1, 0.15) is 17.0 Å². The van der Waals surface area contributed by atoms with E-state index in [0.717, 1.165) is 43.6 Å². The second kappa shape index (κ2) is 7.46. The molecular weight excluding hydrogens is 399 g/mol. The van der Waals surface area contributed by atoms with Gasteiger partial charge in [-0.15, -0.1) is 0 Å². The summed E-state index contributed by atoms with van der Waals surface area (Å²) < 4.78 is 45.4. The Morgan fingerprint density at radius 3 is 2.57 bits per heavy atom. The fourth-order valence-electron chi connectivity index (χ4n) is 4.25. The molecule has 2 aromatic carbocycles. The van der Waals surface area contributed by atoms with Crippen LogP contribution in [0.5, 0.6) is 5.75 Å². The summed E-state index contributed by atoms with van der Waals surface area (Å²) in [6.45, 7) is 1.74. The molecule has 160 valence electrons. The minimum Gasteiger partial charge on any atom is -0.487 e. The number of piperidine rings is 1. The number of anilines is 1. The maximum absolute atomic E-state index is 13.0. The van der Waals surface area contributed by atoms with Gasteiger partial charge in [0.05, 0.1) is 16.5 Å². The van der Waals surface area contributed by atoms with Crippen LogP contribution in [0.15, 0.2) is 42.5 Å². The Labute approximate surface area is 171 Å². The first-order valence-corrected chi connectivity index (χ1v) is 9.76. The van der Waals surface area contributed by atoms with Crippen molar-refractivity contribution >= 4 is 11.4 Å². The number of nitrogens with one attached hydrogen (secondary N) is 1. The Morgan fingerprint density at radius 2 is 1.90 bits per heavy atom. The molecule has 1 N–H and O–H groups in total. The topological polar surface area (TPSA) is 67.6 Å². The van der Waals surface area contributed by atoms with Crippen LogP contribution in [0.25, 0.3) is 0 Å². The molecule has 0 aromatic heterocycles. The molecule has 1 atom stereocenters. The SMILES string of the molecule is CN1CCC2(CC1)C[C@@H](Nc1ccc(C(F)(F)F)cc1[N+](=O)[O-])c1ccccc1O2. The summed E-state index contributed by atoms with van der Waals surface area (Å²) in [6.07, 6.45) is -2.45. The van der Waals surface area contributed by atoms with E-state index in [-0.39, 0.29) is 11.7 Å². The number of alkyl halides is 3. The van der Waals surface area contributed by atoms with E-state index < -0.39 is 28.0 Å². The van der Waals surface area contributed by atoms with Crippen LogP contribution in [0.4, 0.5) is 24.5 Å². The highest BCUT2D eigenvalue weighted by atomic mass is 19.4. The van der Waals surface area contributed by atoms with Crippen LogP contribution in [0.3, 0.4) is 0 Å². The number of hydrogen-bond acceptors (Lipinski definition) is 5. The van der Waals surface area contributed by atoms with Crippen LogP contribution in [0, 0.1) is 10.1 Å². The molecule has 1 spiro atoms. The second-order valence-electron chi connectivity index (χ2n) is 8.01. The van der Waals surface area contributed by atoms with Crippen molar-refractivity contribution in [2.75, 3.05) is 25.5 Å². The van der Waals surface area contributed by atoms with Gasteiger partial charge in [0.2, 0.25) is 0 Å². The van der Waals surface area contributed by atoms with E-state index in [0.29, 0.717) is 18.2 Å². The lowest BCUT2D eigenvalue weighted by atomic mass is 9.80. The van der Waals surface area contributed by atoms with Crippen molar-refractivity contribution in [2.24, 2.45) is 0 Å². The zero-order chi connectivity index (χ0) is 21.5. The first-order valence-electron chi connectivity index (χ1n) is 9.76. The molecule has 2 aliphatic rings. The third kappa shape index (κ3) is 3.94. The largest absolute Gasteiger partial charge is 0.487 e. The molecule has 30 heavy (non-hydrogen) atoms. The normalized spacial score (nSPS) is 21.0. The second-order valence-corrected chi connectivity index (χ2v) is 8.01. The highest BCUT2D eigenvalue weighted by Crippen LogP contribution is 2.46. The van der Waals surface area contributed by atoms with Gasteiger partial charge in [-0.2, -0.15) is 13.2 Å². The number of ether oxygens (including phenoxy) is 1. The number of fused-ring (bicyclic) bond motifs is 1. The van der Waals surface area contributed by atoms with E-state index in [9.17, 15) is 23.3 Å². The van der Waals surface area contributed by atoms with E-state index in [1.165, 1.54) is 0 Å². The standard InChI is InChI=1S/C21H22F3N3O3/c1-26-10-8-20(9-11-26)13-17(15-4-2-3-5-19(15)30-20)25-16-7-6-14(21(22,23)24)12-18(16)27(28)29/h2-7,12,17,25H,8-11,13H2,1H3/t17-/m1/s1. The molecule has 0 amide bonds. The summed E-state index contributed by atoms with van der Waals surface area (Å²) in [6, 6.07) is 9.74. The highest BCUT2D eigenvalue weighted by molar-refractivity contribution is 5.64. The smallest absolute Gasteiger partial charge is 0.416 e. The molecule has 9 heteroatoms. The third-order valence-electron chi connectivity index (χ3n) is 5.95. The van der Waals surface area contributed by atoms with Crippen molar-refractivity contribution in [3.05, 3.63) is 63.7 Å². The van der Waals surface area contributed by atoms with Crippen molar-refractivity contribution in [2.45, 2.75) is 37.1 Å². The lowest BCUT2D eigenvalue weighted by Crippen LogP contribution is -2.50. The van der Waals surface area contributed by atoms with Crippen LogP contribution in [-0.2, 0) is 6.18 Å². The monoisotopic (exact) mass is 421 g/mol. The number of likely N-dealkylation sites (tertiary alicyclic amines) is 1. The number of rotatable bonds is 3. The van der Waals surface area contributed by atoms with Crippen LogP contribution in [0.2, 0.25) is 0 Å². The number of nitrogens with zero attached hydrogens (tertiary/aromatic N) is 2. The summed E-state index contributed by atoms with van der Waals surface area (Å²) in [5, 5.41) is 14.6. The van der Waals surface area contributed by atoms with Gasteiger partial charge in [0, 0.05) is 31.1 Å². The van der Waals surface area contributed by atoms with E-state index in [1.807, 2.05) is 31.3 Å². The molecule has 6 nitrogen and oxygen atoms in total. The molecule has 4 rings (SSSR count). The highest BCUT2D eigenvalue weighted by Gasteiger charge is 2.43. The molecule has 1 saturated heterocycles. The zero-order valence-electron chi connectivity index (χ0n) is 16.4. The molecule has 1 fully saturated rings. The number of benzene rings is 2. The van der Waals surface area contributed by atoms with E-state index in [1.54, 1.807) is 0 Å². The summed E-state index contributed by atoms with van der Waals surface area (Å²) in [7, 11) is 2.05. The van der Waals surface area contributed by atoms with Gasteiger partial charge in [-0.25, -0.2) is 0 Å². The molecule has 2 aromatic rings. The van der Waals surface area contributed by atoms with Crippen molar-refractivity contribution < 1.29 is 22.8 Å². The number of nitro groups is 1. The molecule has 0 saturated carbocycles. The summed E-state index contributed by atoms with van der Waals surface area (Å²) in [5.41, 5.74) is -1.13. The van der Waals surface area contributed by atoms with E-state index in [4.69, 9.17) is 4.74 Å². The van der Waals surface area contributed by atoms with Gasteiger partial charge in [0.25, 0.3) is 5.69 Å². The van der Waals surface area contributed by atoms with Gasteiger partial charge in [-0.05, 0) is 38.1 Å². The minimum absolute atomic E-state index is 0.0674.